The van der Waals surface area contributed by atoms with Crippen LogP contribution in [0.15, 0.2) is 48.5 Å². The van der Waals surface area contributed by atoms with Crippen molar-refractivity contribution in [2.45, 2.75) is 6.61 Å². The lowest BCUT2D eigenvalue weighted by Gasteiger charge is -2.11. The summed E-state index contributed by atoms with van der Waals surface area (Å²) in [6, 6.07) is 14.7. The maximum absolute atomic E-state index is 11.9. The Kier molecular flexibility index (Phi) is 5.60. The topological polar surface area (TPSA) is 50.4 Å². The summed E-state index contributed by atoms with van der Waals surface area (Å²) in [7, 11) is 1.64. The van der Waals surface area contributed by atoms with Gasteiger partial charge in [-0.05, 0) is 30.3 Å². The average molecular weight is 305 g/mol. The Hall–Kier alpha value is -2.04. The molecule has 110 valence electrons. The minimum Gasteiger partial charge on any atom is -0.380 e. The predicted molar refractivity (Wildman–Crippen MR) is 85.7 cm³/mol. The van der Waals surface area contributed by atoms with E-state index in [1.54, 1.807) is 31.4 Å². The number of para-hydroxylation sites is 1. The molecular weight excluding hydrogens is 288 g/mol. The van der Waals surface area contributed by atoms with Gasteiger partial charge < -0.3 is 15.4 Å². The van der Waals surface area contributed by atoms with Crippen molar-refractivity contribution >= 4 is 28.9 Å². The Morgan fingerprint density at radius 3 is 2.57 bits per heavy atom. The van der Waals surface area contributed by atoms with Gasteiger partial charge in [0.1, 0.15) is 0 Å². The number of hydrogen-bond acceptors (Lipinski definition) is 3. The molecule has 2 N–H and O–H groups in total. The first kappa shape index (κ1) is 15.4. The fourth-order valence-corrected chi connectivity index (χ4v) is 2.01. The molecule has 0 unspecified atom stereocenters. The first-order valence-corrected chi connectivity index (χ1v) is 6.93. The fourth-order valence-electron chi connectivity index (χ4n) is 1.89. The monoisotopic (exact) mass is 304 g/mol. The van der Waals surface area contributed by atoms with Gasteiger partial charge in [0.05, 0.1) is 13.2 Å². The van der Waals surface area contributed by atoms with Crippen LogP contribution in [0.1, 0.15) is 5.56 Å². The van der Waals surface area contributed by atoms with E-state index in [2.05, 4.69) is 10.6 Å². The van der Waals surface area contributed by atoms with E-state index in [9.17, 15) is 4.79 Å². The normalized spacial score (nSPS) is 10.2. The van der Waals surface area contributed by atoms with Crippen LogP contribution in [-0.2, 0) is 16.1 Å². The lowest BCUT2D eigenvalue weighted by Crippen LogP contribution is -2.22. The van der Waals surface area contributed by atoms with Gasteiger partial charge in [-0.3, -0.25) is 4.79 Å². The summed E-state index contributed by atoms with van der Waals surface area (Å²) >= 11 is 5.80. The highest BCUT2D eigenvalue weighted by atomic mass is 35.5. The van der Waals surface area contributed by atoms with E-state index in [4.69, 9.17) is 16.3 Å². The molecular formula is C16H17ClN2O2. The Labute approximate surface area is 129 Å². The smallest absolute Gasteiger partial charge is 0.243 e. The second kappa shape index (κ2) is 7.67. The summed E-state index contributed by atoms with van der Waals surface area (Å²) < 4.78 is 5.13. The van der Waals surface area contributed by atoms with Crippen LogP contribution in [0.25, 0.3) is 0 Å². The van der Waals surface area contributed by atoms with Crippen LogP contribution in [0, 0.1) is 0 Å². The van der Waals surface area contributed by atoms with Crippen LogP contribution >= 0.6 is 11.6 Å². The number of halogens is 1. The number of rotatable bonds is 6. The molecule has 0 spiro atoms. The molecule has 2 aromatic carbocycles. The van der Waals surface area contributed by atoms with Gasteiger partial charge in [-0.2, -0.15) is 0 Å². The van der Waals surface area contributed by atoms with Gasteiger partial charge in [0.15, 0.2) is 0 Å². The van der Waals surface area contributed by atoms with Crippen LogP contribution in [0.5, 0.6) is 0 Å². The SMILES string of the molecule is COCc1ccccc1NCC(=O)Nc1ccc(Cl)cc1. The van der Waals surface area contributed by atoms with Crippen molar-refractivity contribution in [3.8, 4) is 0 Å². The highest BCUT2D eigenvalue weighted by Crippen LogP contribution is 2.16. The molecule has 21 heavy (non-hydrogen) atoms. The quantitative estimate of drug-likeness (QED) is 0.858. The van der Waals surface area contributed by atoms with Crippen LogP contribution in [0.4, 0.5) is 11.4 Å². The molecule has 5 heteroatoms. The van der Waals surface area contributed by atoms with Crippen LogP contribution < -0.4 is 10.6 Å². The summed E-state index contributed by atoms with van der Waals surface area (Å²) in [5.41, 5.74) is 2.63. The number of nitrogens with one attached hydrogen (secondary N) is 2. The van der Waals surface area contributed by atoms with Crippen molar-refractivity contribution in [3.05, 3.63) is 59.1 Å². The zero-order valence-corrected chi connectivity index (χ0v) is 12.5. The first-order chi connectivity index (χ1) is 10.2. The van der Waals surface area contributed by atoms with Crippen molar-refractivity contribution in [1.82, 2.24) is 0 Å². The van der Waals surface area contributed by atoms with Crippen molar-refractivity contribution in [2.75, 3.05) is 24.3 Å². The summed E-state index contributed by atoms with van der Waals surface area (Å²) in [5.74, 6) is -0.121. The number of anilines is 2. The Bertz CT molecular complexity index is 599. The number of hydrogen-bond donors (Lipinski definition) is 2. The van der Waals surface area contributed by atoms with E-state index in [1.165, 1.54) is 0 Å². The molecule has 2 aromatic rings. The average Bonchev–Trinajstić information content (AvgIpc) is 2.49. The van der Waals surface area contributed by atoms with Gasteiger partial charge in [0.25, 0.3) is 0 Å². The molecule has 0 radical (unpaired) electrons. The molecule has 2 rings (SSSR count). The Morgan fingerprint density at radius 2 is 1.86 bits per heavy atom. The molecule has 0 heterocycles. The summed E-state index contributed by atoms with van der Waals surface area (Å²) in [6.45, 7) is 0.686. The lowest BCUT2D eigenvalue weighted by atomic mass is 10.2. The van der Waals surface area contributed by atoms with Gasteiger partial charge in [0.2, 0.25) is 5.91 Å². The van der Waals surface area contributed by atoms with Gasteiger partial charge in [-0.25, -0.2) is 0 Å². The van der Waals surface area contributed by atoms with E-state index in [0.29, 0.717) is 11.6 Å². The Balaban J connectivity index is 1.90. The number of benzene rings is 2. The predicted octanol–water partition coefficient (Wildman–Crippen LogP) is 3.54. The van der Waals surface area contributed by atoms with E-state index in [0.717, 1.165) is 16.9 Å². The van der Waals surface area contributed by atoms with Crippen LogP contribution in [0.2, 0.25) is 5.02 Å². The molecule has 0 saturated heterocycles. The molecule has 0 saturated carbocycles. The molecule has 0 aliphatic carbocycles. The molecule has 0 aliphatic rings. The Morgan fingerprint density at radius 1 is 1.14 bits per heavy atom. The van der Waals surface area contributed by atoms with Gasteiger partial charge >= 0.3 is 0 Å². The van der Waals surface area contributed by atoms with E-state index >= 15 is 0 Å². The summed E-state index contributed by atoms with van der Waals surface area (Å²) in [5, 5.41) is 6.55. The highest BCUT2D eigenvalue weighted by Gasteiger charge is 2.05. The van der Waals surface area contributed by atoms with Gasteiger partial charge in [-0.1, -0.05) is 29.8 Å². The number of carbonyl (C=O) groups excluding carboxylic acids is 1. The number of carbonyl (C=O) groups is 1. The van der Waals surface area contributed by atoms with Crippen LogP contribution in [-0.4, -0.2) is 19.6 Å². The molecule has 0 aliphatic heterocycles. The zero-order valence-electron chi connectivity index (χ0n) is 11.7. The molecule has 0 atom stereocenters. The maximum Gasteiger partial charge on any atom is 0.243 e. The summed E-state index contributed by atoms with van der Waals surface area (Å²) in [4.78, 5) is 11.9. The highest BCUT2D eigenvalue weighted by molar-refractivity contribution is 6.30. The van der Waals surface area contributed by atoms with Crippen molar-refractivity contribution in [2.24, 2.45) is 0 Å². The molecule has 1 amide bonds. The maximum atomic E-state index is 11.9. The third-order valence-corrected chi connectivity index (χ3v) is 3.14. The summed E-state index contributed by atoms with van der Waals surface area (Å²) in [6.07, 6.45) is 0. The number of amides is 1. The van der Waals surface area contributed by atoms with Gasteiger partial charge in [0, 0.05) is 29.1 Å². The number of ether oxygens (including phenoxy) is 1. The van der Waals surface area contributed by atoms with E-state index < -0.39 is 0 Å². The van der Waals surface area contributed by atoms with Gasteiger partial charge in [-0.15, -0.1) is 0 Å². The molecule has 0 bridgehead atoms. The van der Waals surface area contributed by atoms with Crippen molar-refractivity contribution in [3.63, 3.8) is 0 Å². The first-order valence-electron chi connectivity index (χ1n) is 6.55. The standard InChI is InChI=1S/C16H17ClN2O2/c1-21-11-12-4-2-3-5-15(12)18-10-16(20)19-14-8-6-13(17)7-9-14/h2-9,18H,10-11H2,1H3,(H,19,20). The zero-order chi connectivity index (χ0) is 15.1. The van der Waals surface area contributed by atoms with Crippen molar-refractivity contribution < 1.29 is 9.53 Å². The largest absolute Gasteiger partial charge is 0.380 e. The lowest BCUT2D eigenvalue weighted by molar-refractivity contribution is -0.114. The molecule has 4 nitrogen and oxygen atoms in total. The second-order valence-corrected chi connectivity index (χ2v) is 4.94. The third-order valence-electron chi connectivity index (χ3n) is 2.88. The van der Waals surface area contributed by atoms with E-state index in [-0.39, 0.29) is 12.5 Å². The fraction of sp³-hybridized carbons (Fsp3) is 0.188. The van der Waals surface area contributed by atoms with Crippen LogP contribution in [0.3, 0.4) is 0 Å². The minimum absolute atomic E-state index is 0.121. The van der Waals surface area contributed by atoms with Crippen molar-refractivity contribution in [1.29, 1.82) is 0 Å². The minimum atomic E-state index is -0.121. The second-order valence-electron chi connectivity index (χ2n) is 4.50. The molecule has 0 fully saturated rings. The third kappa shape index (κ3) is 4.77. The number of methoxy groups -OCH3 is 1. The van der Waals surface area contributed by atoms with E-state index in [1.807, 2.05) is 24.3 Å². The molecule has 0 aromatic heterocycles.